The van der Waals surface area contributed by atoms with Gasteiger partial charge in [0.15, 0.2) is 5.78 Å². The molecule has 12 nitrogen and oxygen atoms in total. The summed E-state index contributed by atoms with van der Waals surface area (Å²) in [5.41, 5.74) is -4.43. The fraction of sp³-hybridized carbons (Fsp3) is 0.579. The van der Waals surface area contributed by atoms with Crippen LogP contribution < -0.4 is 5.32 Å². The summed E-state index contributed by atoms with van der Waals surface area (Å²) in [5.74, 6) is -3.59. The van der Waals surface area contributed by atoms with Crippen LogP contribution in [-0.4, -0.2) is 91.0 Å². The lowest BCUT2D eigenvalue weighted by atomic mass is 9.42. The highest BCUT2D eigenvalue weighted by Crippen LogP contribution is 2.65. The molecule has 2 bridgehead atoms. The Bertz CT molecular complexity index is 1620. The van der Waals surface area contributed by atoms with Crippen molar-refractivity contribution in [1.29, 1.82) is 0 Å². The number of hydrogen-bond donors (Lipinski definition) is 7. The molecule has 1 heterocycles. The third-order valence-corrected chi connectivity index (χ3v) is 12.8. The van der Waals surface area contributed by atoms with Gasteiger partial charge in [-0.05, 0) is 42.9 Å². The maximum Gasteiger partial charge on any atom is 0.408 e. The molecule has 1 aliphatic heterocycles. The molecule has 3 aliphatic carbocycles. The molecule has 0 aromatic heterocycles. The van der Waals surface area contributed by atoms with Gasteiger partial charge in [-0.3, -0.25) is 10.1 Å². The van der Waals surface area contributed by atoms with Gasteiger partial charge in [0.25, 0.3) is 0 Å². The predicted octanol–water partition coefficient (Wildman–Crippen LogP) is 3.06. The molecular weight excluding hydrogens is 646 g/mol. The van der Waals surface area contributed by atoms with E-state index in [1.54, 1.807) is 70.2 Å². The quantitative estimate of drug-likeness (QED) is 0.122. The molecule has 2 saturated carbocycles. The van der Waals surface area contributed by atoms with E-state index in [0.29, 0.717) is 11.1 Å². The predicted molar refractivity (Wildman–Crippen MR) is 179 cm³/mol. The largest absolute Gasteiger partial charge is 0.445 e. The number of rotatable bonds is 8. The minimum absolute atomic E-state index is 0.00850. The first-order valence-electron chi connectivity index (χ1n) is 17.2. The molecule has 7 N–H and O–H groups in total. The molecule has 1 saturated heterocycles. The van der Waals surface area contributed by atoms with Crippen LogP contribution in [0.2, 0.25) is 0 Å². The first-order valence-corrected chi connectivity index (χ1v) is 17.2. The van der Waals surface area contributed by atoms with Crippen LogP contribution in [0.4, 0.5) is 4.79 Å². The molecule has 2 aromatic carbocycles. The van der Waals surface area contributed by atoms with E-state index < -0.39 is 88.2 Å². The third-order valence-electron chi connectivity index (χ3n) is 12.8. The molecule has 272 valence electrons. The smallest absolute Gasteiger partial charge is 0.408 e. The molecule has 3 fully saturated rings. The zero-order chi connectivity index (χ0) is 36.4. The van der Waals surface area contributed by atoms with Crippen molar-refractivity contribution in [2.45, 2.75) is 102 Å². The summed E-state index contributed by atoms with van der Waals surface area (Å²) < 4.78 is 11.1. The summed E-state index contributed by atoms with van der Waals surface area (Å²) in [4.78, 5) is 32.6. The van der Waals surface area contributed by atoms with E-state index in [-0.39, 0.29) is 31.6 Å². The van der Waals surface area contributed by atoms with Crippen molar-refractivity contribution in [3.8, 4) is 0 Å². The number of carbonyl (C=O) groups is 2. The van der Waals surface area contributed by atoms with Crippen LogP contribution >= 0.6 is 0 Å². The number of carbonyl (C=O) groups excluding carboxylic acids is 2. The van der Waals surface area contributed by atoms with Crippen molar-refractivity contribution < 1.29 is 54.7 Å². The molecule has 4 aliphatic rings. The van der Waals surface area contributed by atoms with Crippen molar-refractivity contribution in [3.63, 3.8) is 0 Å². The van der Waals surface area contributed by atoms with Crippen molar-refractivity contribution in [2.24, 2.45) is 28.6 Å². The number of amides is 1. The number of alkyl carbamates (subject to hydrolysis) is 1. The van der Waals surface area contributed by atoms with Gasteiger partial charge in [0.2, 0.25) is 0 Å². The van der Waals surface area contributed by atoms with Crippen molar-refractivity contribution in [3.05, 3.63) is 82.9 Å². The Morgan fingerprint density at radius 2 is 1.66 bits per heavy atom. The minimum Gasteiger partial charge on any atom is -0.445 e. The lowest BCUT2D eigenvalue weighted by Crippen LogP contribution is -2.78. The second-order valence-electron chi connectivity index (χ2n) is 15.5. The normalized spacial score (nSPS) is 37.9. The highest BCUT2D eigenvalue weighted by Gasteiger charge is 2.74. The van der Waals surface area contributed by atoms with Gasteiger partial charge in [0, 0.05) is 23.7 Å². The van der Waals surface area contributed by atoms with E-state index >= 15 is 0 Å². The Kier molecular flexibility index (Phi) is 9.58. The number of hydrogen-bond acceptors (Lipinski definition) is 11. The zero-order valence-electron chi connectivity index (χ0n) is 29.0. The average Bonchev–Trinajstić information content (AvgIpc) is 3.09. The molecule has 6 rings (SSSR count). The zero-order valence-corrected chi connectivity index (χ0v) is 29.0. The lowest BCUT2D eigenvalue weighted by molar-refractivity contribution is -0.339. The van der Waals surface area contributed by atoms with Gasteiger partial charge in [-0.1, -0.05) is 87.0 Å². The number of ketones is 1. The van der Waals surface area contributed by atoms with E-state index in [0.717, 1.165) is 5.56 Å². The Balaban J connectivity index is 1.40. The first kappa shape index (κ1) is 36.6. The van der Waals surface area contributed by atoms with Gasteiger partial charge in [-0.2, -0.15) is 0 Å². The van der Waals surface area contributed by atoms with E-state index in [9.17, 15) is 40.4 Å². The Morgan fingerprint density at radius 1 is 1.04 bits per heavy atom. The van der Waals surface area contributed by atoms with Crippen LogP contribution in [0.25, 0.3) is 0 Å². The molecule has 0 radical (unpaired) electrons. The van der Waals surface area contributed by atoms with E-state index in [1.165, 1.54) is 6.92 Å². The fourth-order valence-electron chi connectivity index (χ4n) is 9.91. The monoisotopic (exact) mass is 695 g/mol. The second kappa shape index (κ2) is 13.1. The lowest BCUT2D eigenvalue weighted by Gasteiger charge is -2.67. The summed E-state index contributed by atoms with van der Waals surface area (Å²) in [6.45, 7) is 8.22. The number of aliphatic hydroxyl groups is 5. The SMILES string of the molecule is CC1=C2C(O)C(=O)[C@]3(C)C(O)CC4OCC4(O)C3C(C)C(O)(CC1[C@@H](OO)C(O)C(NC(=O)OCc1ccccc1)c1ccccc1)C2(C)C. The van der Waals surface area contributed by atoms with Gasteiger partial charge in [-0.25, -0.2) is 9.68 Å². The Labute approximate surface area is 291 Å². The standard InChI is InChI=1S/C38H49NO11/c1-20-24(31(50-47)30(42)28(23-14-10-7-11-15-23)39-34(44)48-18-22-12-8-6-9-13-22)17-38(46)21(2)32-36(5,25(40)16-26-37(32,45)19-49-26)33(43)29(41)27(20)35(38,3)4/h6-15,21,24-26,28-32,40-42,45-47H,16-19H2,1-5H3,(H,39,44)/t21?,24?,25?,26?,28?,29?,30?,31-,32?,36-,37?,38?/m1/s1. The van der Waals surface area contributed by atoms with Crippen molar-refractivity contribution >= 4 is 11.9 Å². The number of fused-ring (bicyclic) bond motifs is 5. The van der Waals surface area contributed by atoms with Crippen LogP contribution in [-0.2, 0) is 25.8 Å². The first-order chi connectivity index (χ1) is 23.5. The van der Waals surface area contributed by atoms with Crippen LogP contribution in [0, 0.1) is 28.6 Å². The molecule has 2 aromatic rings. The number of nitrogens with one attached hydrogen (secondary N) is 1. The van der Waals surface area contributed by atoms with Gasteiger partial charge in [0.05, 0.1) is 35.9 Å². The topological polar surface area (TPSA) is 195 Å². The molecule has 10 unspecified atom stereocenters. The number of benzene rings is 2. The van der Waals surface area contributed by atoms with Gasteiger partial charge in [-0.15, -0.1) is 0 Å². The summed E-state index contributed by atoms with van der Waals surface area (Å²) in [6.07, 6.45) is -7.94. The summed E-state index contributed by atoms with van der Waals surface area (Å²) in [5, 5.41) is 73.6. The van der Waals surface area contributed by atoms with Crippen LogP contribution in [0.5, 0.6) is 0 Å². The third kappa shape index (κ3) is 5.43. The van der Waals surface area contributed by atoms with Gasteiger partial charge < -0.3 is 40.3 Å². The molecule has 12 heteroatoms. The van der Waals surface area contributed by atoms with Crippen LogP contribution in [0.1, 0.15) is 64.6 Å². The molecular formula is C38H49NO11. The molecule has 50 heavy (non-hydrogen) atoms. The highest BCUT2D eigenvalue weighted by molar-refractivity contribution is 5.93. The fourth-order valence-corrected chi connectivity index (χ4v) is 9.91. The van der Waals surface area contributed by atoms with Gasteiger partial charge in [0.1, 0.15) is 30.5 Å². The number of aliphatic hydroxyl groups excluding tert-OH is 3. The summed E-state index contributed by atoms with van der Waals surface area (Å²) in [7, 11) is 0. The minimum atomic E-state index is -1.80. The molecule has 12 atom stereocenters. The summed E-state index contributed by atoms with van der Waals surface area (Å²) >= 11 is 0. The van der Waals surface area contributed by atoms with E-state index in [1.807, 2.05) is 18.2 Å². The molecule has 1 amide bonds. The van der Waals surface area contributed by atoms with E-state index in [2.05, 4.69) is 5.32 Å². The van der Waals surface area contributed by atoms with Crippen molar-refractivity contribution in [1.82, 2.24) is 5.32 Å². The average molecular weight is 696 g/mol. The number of ether oxygens (including phenoxy) is 2. The van der Waals surface area contributed by atoms with Gasteiger partial charge >= 0.3 is 6.09 Å². The van der Waals surface area contributed by atoms with E-state index in [4.69, 9.17) is 14.4 Å². The maximum absolute atomic E-state index is 14.5. The van der Waals surface area contributed by atoms with Crippen molar-refractivity contribution in [2.75, 3.05) is 6.61 Å². The Hall–Kier alpha value is -3.20. The number of Topliss-reactive ketones (excluding diaryl/α,β-unsaturated/α-hetero) is 1. The molecule has 0 spiro atoms. The van der Waals surface area contributed by atoms with Crippen LogP contribution in [0.3, 0.4) is 0 Å². The Morgan fingerprint density at radius 3 is 2.24 bits per heavy atom. The summed E-state index contributed by atoms with van der Waals surface area (Å²) in [6, 6.07) is 16.5. The van der Waals surface area contributed by atoms with Crippen LogP contribution in [0.15, 0.2) is 71.8 Å². The maximum atomic E-state index is 14.5. The highest BCUT2D eigenvalue weighted by atomic mass is 17.1. The second-order valence-corrected chi connectivity index (χ2v) is 15.5.